The number of anilines is 1. The maximum atomic E-state index is 13.0. The van der Waals surface area contributed by atoms with Crippen LogP contribution in [-0.2, 0) is 0 Å². The molecule has 0 bridgehead atoms. The van der Waals surface area contributed by atoms with Gasteiger partial charge in [-0.25, -0.2) is 4.39 Å². The van der Waals surface area contributed by atoms with E-state index in [0.717, 1.165) is 25.3 Å². The first-order chi connectivity index (χ1) is 7.18. The summed E-state index contributed by atoms with van der Waals surface area (Å²) >= 11 is 5.76. The van der Waals surface area contributed by atoms with Gasteiger partial charge >= 0.3 is 0 Å². The number of hydrogen-bond donors (Lipinski definition) is 1. The summed E-state index contributed by atoms with van der Waals surface area (Å²) < 4.78 is 13.0. The molecule has 0 saturated carbocycles. The van der Waals surface area contributed by atoms with Crippen LogP contribution in [0.1, 0.15) is 6.92 Å². The number of rotatable bonds is 1. The predicted molar refractivity (Wildman–Crippen MR) is 68.3 cm³/mol. The number of hydrogen-bond acceptors (Lipinski definition) is 2. The average molecular weight is 265 g/mol. The third-order valence-electron chi connectivity index (χ3n) is 2.74. The molecule has 0 aliphatic carbocycles. The highest BCUT2D eigenvalue weighted by atomic mass is 35.5. The topological polar surface area (TPSA) is 15.3 Å². The van der Waals surface area contributed by atoms with E-state index in [-0.39, 0.29) is 23.2 Å². The summed E-state index contributed by atoms with van der Waals surface area (Å²) in [5.41, 5.74) is 0.996. The molecular weight excluding hydrogens is 250 g/mol. The van der Waals surface area contributed by atoms with Gasteiger partial charge in [-0.1, -0.05) is 11.6 Å². The Labute approximate surface area is 106 Å². The summed E-state index contributed by atoms with van der Waals surface area (Å²) in [6, 6.07) is 5.31. The Morgan fingerprint density at radius 1 is 1.50 bits per heavy atom. The van der Waals surface area contributed by atoms with Crippen molar-refractivity contribution in [1.29, 1.82) is 0 Å². The van der Waals surface area contributed by atoms with Gasteiger partial charge in [-0.05, 0) is 25.1 Å². The molecule has 1 fully saturated rings. The van der Waals surface area contributed by atoms with Crippen molar-refractivity contribution >= 4 is 29.7 Å². The normalized spacial score (nSPS) is 20.4. The van der Waals surface area contributed by atoms with E-state index in [0.29, 0.717) is 6.04 Å². The molecule has 0 aromatic heterocycles. The molecule has 2 rings (SSSR count). The van der Waals surface area contributed by atoms with Gasteiger partial charge in [0.1, 0.15) is 5.82 Å². The number of halogens is 3. The van der Waals surface area contributed by atoms with Gasteiger partial charge in [0.2, 0.25) is 0 Å². The molecule has 2 nitrogen and oxygen atoms in total. The van der Waals surface area contributed by atoms with Crippen LogP contribution in [-0.4, -0.2) is 25.7 Å². The molecule has 5 heteroatoms. The maximum absolute atomic E-state index is 13.0. The van der Waals surface area contributed by atoms with Crippen LogP contribution < -0.4 is 10.2 Å². The van der Waals surface area contributed by atoms with Crippen LogP contribution >= 0.6 is 24.0 Å². The van der Waals surface area contributed by atoms with Gasteiger partial charge in [0.25, 0.3) is 0 Å². The van der Waals surface area contributed by atoms with E-state index in [2.05, 4.69) is 17.1 Å². The molecular formula is C11H15Cl2FN2. The SMILES string of the molecule is C[C@@H]1CNCCN1c1ccc(F)c(Cl)c1.Cl. The summed E-state index contributed by atoms with van der Waals surface area (Å²) in [5, 5.41) is 3.50. The molecule has 0 unspecified atom stereocenters. The van der Waals surface area contributed by atoms with E-state index < -0.39 is 0 Å². The van der Waals surface area contributed by atoms with Crippen molar-refractivity contribution in [2.75, 3.05) is 24.5 Å². The fourth-order valence-electron chi connectivity index (χ4n) is 1.89. The minimum absolute atomic E-state index is 0. The highest BCUT2D eigenvalue weighted by Crippen LogP contribution is 2.24. The molecule has 1 N–H and O–H groups in total. The average Bonchev–Trinajstić information content (AvgIpc) is 2.23. The first-order valence-electron chi connectivity index (χ1n) is 5.11. The zero-order chi connectivity index (χ0) is 10.8. The van der Waals surface area contributed by atoms with Crippen molar-refractivity contribution in [3.8, 4) is 0 Å². The molecule has 1 aromatic carbocycles. The molecule has 1 aromatic rings. The highest BCUT2D eigenvalue weighted by Gasteiger charge is 2.18. The van der Waals surface area contributed by atoms with Gasteiger partial charge in [0.15, 0.2) is 0 Å². The second-order valence-electron chi connectivity index (χ2n) is 3.84. The second-order valence-corrected chi connectivity index (χ2v) is 4.25. The van der Waals surface area contributed by atoms with E-state index in [1.807, 2.05) is 0 Å². The summed E-state index contributed by atoms with van der Waals surface area (Å²) in [5.74, 6) is -0.358. The highest BCUT2D eigenvalue weighted by molar-refractivity contribution is 6.31. The largest absolute Gasteiger partial charge is 0.366 e. The van der Waals surface area contributed by atoms with Crippen LogP contribution in [0.15, 0.2) is 18.2 Å². The monoisotopic (exact) mass is 264 g/mol. The number of nitrogens with zero attached hydrogens (tertiary/aromatic N) is 1. The second kappa shape index (κ2) is 5.71. The zero-order valence-corrected chi connectivity index (χ0v) is 10.6. The van der Waals surface area contributed by atoms with Crippen molar-refractivity contribution in [2.24, 2.45) is 0 Å². The van der Waals surface area contributed by atoms with Gasteiger partial charge in [0.05, 0.1) is 5.02 Å². The van der Waals surface area contributed by atoms with E-state index in [1.54, 1.807) is 12.1 Å². The van der Waals surface area contributed by atoms with Gasteiger partial charge in [-0.15, -0.1) is 12.4 Å². The minimum Gasteiger partial charge on any atom is -0.366 e. The molecule has 1 heterocycles. The van der Waals surface area contributed by atoms with Gasteiger partial charge < -0.3 is 10.2 Å². The van der Waals surface area contributed by atoms with E-state index >= 15 is 0 Å². The number of nitrogens with one attached hydrogen (secondary N) is 1. The van der Waals surface area contributed by atoms with Crippen molar-refractivity contribution in [2.45, 2.75) is 13.0 Å². The molecule has 1 aliphatic rings. The third-order valence-corrected chi connectivity index (χ3v) is 3.03. The Morgan fingerprint density at radius 2 is 2.25 bits per heavy atom. The Bertz CT molecular complexity index is 360. The van der Waals surface area contributed by atoms with E-state index in [9.17, 15) is 4.39 Å². The van der Waals surface area contributed by atoms with Gasteiger partial charge in [-0.3, -0.25) is 0 Å². The van der Waals surface area contributed by atoms with Gasteiger partial charge in [-0.2, -0.15) is 0 Å². The number of benzene rings is 1. The molecule has 0 amide bonds. The van der Waals surface area contributed by atoms with Crippen molar-refractivity contribution in [3.63, 3.8) is 0 Å². The van der Waals surface area contributed by atoms with Crippen LogP contribution in [0.5, 0.6) is 0 Å². The third kappa shape index (κ3) is 2.78. The van der Waals surface area contributed by atoms with Crippen LogP contribution in [0.2, 0.25) is 5.02 Å². The van der Waals surface area contributed by atoms with E-state index in [1.165, 1.54) is 6.07 Å². The fourth-order valence-corrected chi connectivity index (χ4v) is 2.06. The Kier molecular flexibility index (Phi) is 4.84. The first-order valence-corrected chi connectivity index (χ1v) is 5.48. The lowest BCUT2D eigenvalue weighted by Crippen LogP contribution is -2.49. The van der Waals surface area contributed by atoms with Crippen LogP contribution in [0.4, 0.5) is 10.1 Å². The lowest BCUT2D eigenvalue weighted by atomic mass is 10.2. The van der Waals surface area contributed by atoms with Crippen molar-refractivity contribution < 1.29 is 4.39 Å². The maximum Gasteiger partial charge on any atom is 0.141 e. The molecule has 90 valence electrons. The quantitative estimate of drug-likeness (QED) is 0.839. The summed E-state index contributed by atoms with van der Waals surface area (Å²) in [6.45, 7) is 4.99. The Balaban J connectivity index is 0.00000128. The lowest BCUT2D eigenvalue weighted by molar-refractivity contribution is 0.500. The van der Waals surface area contributed by atoms with Gasteiger partial charge in [0, 0.05) is 31.4 Å². The van der Waals surface area contributed by atoms with E-state index in [4.69, 9.17) is 11.6 Å². The smallest absolute Gasteiger partial charge is 0.141 e. The lowest BCUT2D eigenvalue weighted by Gasteiger charge is -2.36. The Morgan fingerprint density at radius 3 is 2.88 bits per heavy atom. The van der Waals surface area contributed by atoms with Crippen LogP contribution in [0.3, 0.4) is 0 Å². The first kappa shape index (κ1) is 13.6. The number of piperazine rings is 1. The summed E-state index contributed by atoms with van der Waals surface area (Å²) in [4.78, 5) is 2.24. The zero-order valence-electron chi connectivity index (χ0n) is 9.04. The molecule has 1 aliphatic heterocycles. The summed E-state index contributed by atoms with van der Waals surface area (Å²) in [6.07, 6.45) is 0. The van der Waals surface area contributed by atoms with Crippen LogP contribution in [0.25, 0.3) is 0 Å². The molecule has 0 radical (unpaired) electrons. The van der Waals surface area contributed by atoms with Crippen LogP contribution in [0, 0.1) is 5.82 Å². The molecule has 0 spiro atoms. The minimum atomic E-state index is -0.358. The summed E-state index contributed by atoms with van der Waals surface area (Å²) in [7, 11) is 0. The molecule has 1 atom stereocenters. The fraction of sp³-hybridized carbons (Fsp3) is 0.455. The molecule has 16 heavy (non-hydrogen) atoms. The van der Waals surface area contributed by atoms with Crippen molar-refractivity contribution in [1.82, 2.24) is 5.32 Å². The van der Waals surface area contributed by atoms with Crippen molar-refractivity contribution in [3.05, 3.63) is 29.0 Å². The predicted octanol–water partition coefficient (Wildman–Crippen LogP) is 2.70. The molecule has 1 saturated heterocycles. The Hall–Kier alpha value is -0.510. The standard InChI is InChI=1S/C11H14ClFN2.ClH/c1-8-7-14-4-5-15(8)9-2-3-11(13)10(12)6-9;/h2-3,6,8,14H,4-5,7H2,1H3;1H/t8-;/m1./s1.